The number of nitrogens with one attached hydrogen (secondary N) is 1. The number of aliphatic hydroxyl groups is 1. The zero-order valence-corrected chi connectivity index (χ0v) is 11.1. The molecule has 2 atom stereocenters. The van der Waals surface area contributed by atoms with E-state index >= 15 is 0 Å². The van der Waals surface area contributed by atoms with Crippen LogP contribution < -0.4 is 5.32 Å². The molecular weight excluding hydrogens is 250 g/mol. The van der Waals surface area contributed by atoms with Crippen molar-refractivity contribution in [2.45, 2.75) is 25.0 Å². The van der Waals surface area contributed by atoms with Crippen LogP contribution in [0.4, 0.5) is 0 Å². The van der Waals surface area contributed by atoms with Gasteiger partial charge in [-0.1, -0.05) is 42.5 Å². The first-order chi connectivity index (χ1) is 9.74. The van der Waals surface area contributed by atoms with E-state index < -0.39 is 6.10 Å². The van der Waals surface area contributed by atoms with Crippen molar-refractivity contribution in [3.63, 3.8) is 0 Å². The molecule has 0 saturated heterocycles. The zero-order valence-electron chi connectivity index (χ0n) is 11.1. The molecule has 2 aromatic carbocycles. The summed E-state index contributed by atoms with van der Waals surface area (Å²) in [5.41, 5.74) is 3.00. The van der Waals surface area contributed by atoms with Gasteiger partial charge in [0.05, 0.1) is 12.1 Å². The molecule has 2 aromatic rings. The van der Waals surface area contributed by atoms with Gasteiger partial charge in [0.25, 0.3) is 5.91 Å². The maximum atomic E-state index is 12.1. The lowest BCUT2D eigenvalue weighted by Crippen LogP contribution is -2.48. The zero-order chi connectivity index (χ0) is 13.9. The summed E-state index contributed by atoms with van der Waals surface area (Å²) in [7, 11) is 0. The molecule has 0 unspecified atom stereocenters. The van der Waals surface area contributed by atoms with E-state index in [4.69, 9.17) is 0 Å². The number of benzene rings is 2. The van der Waals surface area contributed by atoms with Crippen LogP contribution in [-0.2, 0) is 12.8 Å². The molecule has 0 radical (unpaired) electrons. The molecule has 3 nitrogen and oxygen atoms in total. The lowest BCUT2D eigenvalue weighted by atomic mass is 9.86. The molecule has 0 aromatic heterocycles. The van der Waals surface area contributed by atoms with Crippen molar-refractivity contribution in [3.05, 3.63) is 71.3 Å². The number of rotatable bonds is 2. The molecule has 0 heterocycles. The molecule has 102 valence electrons. The van der Waals surface area contributed by atoms with Gasteiger partial charge >= 0.3 is 0 Å². The third-order valence-electron chi connectivity index (χ3n) is 3.80. The van der Waals surface area contributed by atoms with Crippen LogP contribution >= 0.6 is 0 Å². The highest BCUT2D eigenvalue weighted by Crippen LogP contribution is 2.21. The van der Waals surface area contributed by atoms with Crippen LogP contribution in [-0.4, -0.2) is 23.2 Å². The van der Waals surface area contributed by atoms with Gasteiger partial charge in [0.1, 0.15) is 0 Å². The van der Waals surface area contributed by atoms with Gasteiger partial charge in [0.15, 0.2) is 0 Å². The number of carbonyl (C=O) groups excluding carboxylic acids is 1. The first kappa shape index (κ1) is 12.9. The average molecular weight is 267 g/mol. The highest BCUT2D eigenvalue weighted by Gasteiger charge is 2.28. The SMILES string of the molecule is O=C(N[C@@H]1Cc2ccccc2C[C@H]1O)c1ccccc1. The second kappa shape index (κ2) is 5.47. The first-order valence-corrected chi connectivity index (χ1v) is 6.85. The van der Waals surface area contributed by atoms with Gasteiger partial charge in [-0.15, -0.1) is 0 Å². The third kappa shape index (κ3) is 2.58. The second-order valence-electron chi connectivity index (χ2n) is 5.19. The Morgan fingerprint density at radius 3 is 2.25 bits per heavy atom. The Morgan fingerprint density at radius 1 is 0.950 bits per heavy atom. The van der Waals surface area contributed by atoms with Gasteiger partial charge in [-0.05, 0) is 29.7 Å². The van der Waals surface area contributed by atoms with E-state index in [2.05, 4.69) is 11.4 Å². The molecule has 3 rings (SSSR count). The largest absolute Gasteiger partial charge is 0.391 e. The van der Waals surface area contributed by atoms with Crippen LogP contribution in [0.1, 0.15) is 21.5 Å². The number of hydrogen-bond acceptors (Lipinski definition) is 2. The molecule has 0 bridgehead atoms. The minimum Gasteiger partial charge on any atom is -0.391 e. The van der Waals surface area contributed by atoms with Crippen LogP contribution in [0.25, 0.3) is 0 Å². The summed E-state index contributed by atoms with van der Waals surface area (Å²) in [5, 5.41) is 13.1. The lowest BCUT2D eigenvalue weighted by Gasteiger charge is -2.30. The van der Waals surface area contributed by atoms with Crippen LogP contribution in [0.3, 0.4) is 0 Å². The molecule has 0 spiro atoms. The van der Waals surface area contributed by atoms with E-state index in [1.807, 2.05) is 36.4 Å². The Hall–Kier alpha value is -2.13. The molecule has 1 amide bonds. The monoisotopic (exact) mass is 267 g/mol. The molecule has 1 aliphatic carbocycles. The predicted molar refractivity (Wildman–Crippen MR) is 77.6 cm³/mol. The molecule has 0 fully saturated rings. The van der Waals surface area contributed by atoms with E-state index in [9.17, 15) is 9.90 Å². The quantitative estimate of drug-likeness (QED) is 0.873. The van der Waals surface area contributed by atoms with E-state index in [1.165, 1.54) is 11.1 Å². The summed E-state index contributed by atoms with van der Waals surface area (Å²) in [4.78, 5) is 12.1. The molecule has 2 N–H and O–H groups in total. The Bertz CT molecular complexity index is 609. The van der Waals surface area contributed by atoms with Gasteiger partial charge < -0.3 is 10.4 Å². The topological polar surface area (TPSA) is 49.3 Å². The summed E-state index contributed by atoms with van der Waals surface area (Å²) in [6.07, 6.45) is 0.740. The number of hydrogen-bond donors (Lipinski definition) is 2. The van der Waals surface area contributed by atoms with Crippen LogP contribution in [0.5, 0.6) is 0 Å². The molecule has 3 heteroatoms. The minimum absolute atomic E-state index is 0.131. The molecule has 1 aliphatic rings. The molecule has 0 saturated carbocycles. The fraction of sp³-hybridized carbons (Fsp3) is 0.235. The van der Waals surface area contributed by atoms with Gasteiger partial charge in [-0.3, -0.25) is 4.79 Å². The van der Waals surface area contributed by atoms with E-state index in [1.54, 1.807) is 12.1 Å². The van der Waals surface area contributed by atoms with E-state index in [-0.39, 0.29) is 11.9 Å². The minimum atomic E-state index is -0.530. The van der Waals surface area contributed by atoms with E-state index in [0.29, 0.717) is 18.4 Å². The van der Waals surface area contributed by atoms with Crippen molar-refractivity contribution in [2.24, 2.45) is 0 Å². The van der Waals surface area contributed by atoms with Gasteiger partial charge in [0, 0.05) is 12.0 Å². The third-order valence-corrected chi connectivity index (χ3v) is 3.80. The van der Waals surface area contributed by atoms with Gasteiger partial charge in [0.2, 0.25) is 0 Å². The maximum Gasteiger partial charge on any atom is 0.251 e. The molecule has 0 aliphatic heterocycles. The number of amides is 1. The van der Waals surface area contributed by atoms with E-state index in [0.717, 1.165) is 0 Å². The predicted octanol–water partition coefficient (Wildman–Crippen LogP) is 1.94. The van der Waals surface area contributed by atoms with Crippen LogP contribution in [0.2, 0.25) is 0 Å². The summed E-state index contributed by atoms with van der Waals surface area (Å²) in [6.45, 7) is 0. The standard InChI is InChI=1S/C17H17NO2/c19-16-11-14-9-5-4-8-13(14)10-15(16)18-17(20)12-6-2-1-3-7-12/h1-9,15-16,19H,10-11H2,(H,18,20)/t15-,16-/m1/s1. The van der Waals surface area contributed by atoms with Crippen molar-refractivity contribution >= 4 is 5.91 Å². The number of carbonyl (C=O) groups is 1. The van der Waals surface area contributed by atoms with Crippen LogP contribution in [0, 0.1) is 0 Å². The summed E-state index contributed by atoms with van der Waals surface area (Å²) < 4.78 is 0. The molecule has 20 heavy (non-hydrogen) atoms. The van der Waals surface area contributed by atoms with Gasteiger partial charge in [-0.25, -0.2) is 0 Å². The smallest absolute Gasteiger partial charge is 0.251 e. The first-order valence-electron chi connectivity index (χ1n) is 6.85. The van der Waals surface area contributed by atoms with Crippen molar-refractivity contribution in [1.29, 1.82) is 0 Å². The Labute approximate surface area is 118 Å². The normalized spacial score (nSPS) is 21.1. The van der Waals surface area contributed by atoms with Crippen LogP contribution in [0.15, 0.2) is 54.6 Å². The number of fused-ring (bicyclic) bond motifs is 1. The van der Waals surface area contributed by atoms with Crippen molar-refractivity contribution in [3.8, 4) is 0 Å². The Morgan fingerprint density at radius 2 is 1.55 bits per heavy atom. The Kier molecular flexibility index (Phi) is 3.52. The fourth-order valence-corrected chi connectivity index (χ4v) is 2.68. The highest BCUT2D eigenvalue weighted by molar-refractivity contribution is 5.94. The maximum absolute atomic E-state index is 12.1. The highest BCUT2D eigenvalue weighted by atomic mass is 16.3. The summed E-state index contributed by atoms with van der Waals surface area (Å²) in [5.74, 6) is -0.131. The van der Waals surface area contributed by atoms with Crippen molar-refractivity contribution in [1.82, 2.24) is 5.32 Å². The average Bonchev–Trinajstić information content (AvgIpc) is 2.49. The van der Waals surface area contributed by atoms with Crippen molar-refractivity contribution in [2.75, 3.05) is 0 Å². The summed E-state index contributed by atoms with van der Waals surface area (Å²) >= 11 is 0. The van der Waals surface area contributed by atoms with Gasteiger partial charge in [-0.2, -0.15) is 0 Å². The van der Waals surface area contributed by atoms with Crippen molar-refractivity contribution < 1.29 is 9.90 Å². The lowest BCUT2D eigenvalue weighted by molar-refractivity contribution is 0.0815. The molecular formula is C17H17NO2. The second-order valence-corrected chi connectivity index (χ2v) is 5.19. The number of aliphatic hydroxyl groups excluding tert-OH is 1. The Balaban J connectivity index is 1.74. The summed E-state index contributed by atoms with van der Waals surface area (Å²) in [6, 6.07) is 16.9. The fourth-order valence-electron chi connectivity index (χ4n) is 2.68.